The summed E-state index contributed by atoms with van der Waals surface area (Å²) in [6.07, 6.45) is 10.2. The Kier molecular flexibility index (Phi) is 14.1. The van der Waals surface area contributed by atoms with E-state index in [0.29, 0.717) is 5.57 Å². The summed E-state index contributed by atoms with van der Waals surface area (Å²) in [5.41, 5.74) is 0.587. The van der Waals surface area contributed by atoms with E-state index in [2.05, 4.69) is 18.8 Å². The molecule has 1 unspecified atom stereocenters. The third-order valence-corrected chi connectivity index (χ3v) is 7.43. The lowest BCUT2D eigenvalue weighted by Crippen LogP contribution is -2.42. The molecule has 5 nitrogen and oxygen atoms in total. The van der Waals surface area contributed by atoms with Gasteiger partial charge >= 0.3 is 8.80 Å². The first-order valence-electron chi connectivity index (χ1n) is 9.56. The molecule has 1 amide bonds. The molecule has 0 heterocycles. The lowest BCUT2D eigenvalue weighted by molar-refractivity contribution is -0.118. The highest BCUT2D eigenvalue weighted by molar-refractivity contribution is 6.60. The van der Waals surface area contributed by atoms with E-state index in [0.717, 1.165) is 51.0 Å². The minimum absolute atomic E-state index is 0.0129. The van der Waals surface area contributed by atoms with Crippen LogP contribution in [0.2, 0.25) is 6.04 Å². The predicted molar refractivity (Wildman–Crippen MR) is 106 cm³/mol. The molecule has 0 aromatic carbocycles. The second-order valence-corrected chi connectivity index (χ2v) is 9.79. The first-order chi connectivity index (χ1) is 11.9. The number of hydrogen-bond acceptors (Lipinski definition) is 4. The van der Waals surface area contributed by atoms with Crippen LogP contribution in [0, 0.1) is 0 Å². The second-order valence-electron chi connectivity index (χ2n) is 6.69. The summed E-state index contributed by atoms with van der Waals surface area (Å²) in [7, 11) is 2.58. The van der Waals surface area contributed by atoms with Crippen molar-refractivity contribution >= 4 is 14.7 Å². The van der Waals surface area contributed by atoms with Gasteiger partial charge < -0.3 is 18.6 Å². The Labute approximate surface area is 155 Å². The van der Waals surface area contributed by atoms with Crippen molar-refractivity contribution in [3.63, 3.8) is 0 Å². The molecule has 0 aliphatic carbocycles. The fraction of sp³-hybridized carbons (Fsp3) is 0.842. The van der Waals surface area contributed by atoms with Gasteiger partial charge in [-0.15, -0.1) is 0 Å². The number of unbranched alkanes of at least 4 members (excludes halogenated alkanes) is 5. The van der Waals surface area contributed by atoms with Crippen molar-refractivity contribution in [3.8, 4) is 0 Å². The zero-order valence-electron chi connectivity index (χ0n) is 17.0. The zero-order valence-corrected chi connectivity index (χ0v) is 18.0. The summed E-state index contributed by atoms with van der Waals surface area (Å²) in [4.78, 5) is 11.8. The van der Waals surface area contributed by atoms with Gasteiger partial charge in [-0.05, 0) is 26.2 Å². The number of hydrogen-bond donors (Lipinski definition) is 1. The highest BCUT2D eigenvalue weighted by Crippen LogP contribution is 2.18. The van der Waals surface area contributed by atoms with Crippen molar-refractivity contribution in [1.82, 2.24) is 5.32 Å². The summed E-state index contributed by atoms with van der Waals surface area (Å²) in [6, 6.07) is 1.14. The average Bonchev–Trinajstić information content (AvgIpc) is 2.62. The van der Waals surface area contributed by atoms with Gasteiger partial charge in [-0.1, -0.05) is 52.0 Å². The van der Waals surface area contributed by atoms with E-state index in [1.165, 1.54) is 12.8 Å². The van der Waals surface area contributed by atoms with E-state index in [1.807, 2.05) is 0 Å². The van der Waals surface area contributed by atoms with Crippen LogP contribution in [0.25, 0.3) is 0 Å². The lowest BCUT2D eigenvalue weighted by Gasteiger charge is -2.24. The Balaban J connectivity index is 3.97. The predicted octanol–water partition coefficient (Wildman–Crippen LogP) is 4.46. The molecule has 0 bridgehead atoms. The van der Waals surface area contributed by atoms with Crippen LogP contribution < -0.4 is 5.32 Å². The molecule has 0 rings (SSSR count). The molecular formula is C19H39NO4Si. The Morgan fingerprint density at radius 3 is 2.00 bits per heavy atom. The zero-order chi connectivity index (χ0) is 19.1. The van der Waals surface area contributed by atoms with Gasteiger partial charge in [0.1, 0.15) is 0 Å². The molecule has 0 aromatic rings. The van der Waals surface area contributed by atoms with Gasteiger partial charge in [-0.3, -0.25) is 4.79 Å². The summed E-state index contributed by atoms with van der Waals surface area (Å²) in [5, 5.41) is 3.11. The number of amides is 1. The first kappa shape index (κ1) is 24.3. The fourth-order valence-corrected chi connectivity index (χ4v) is 4.66. The van der Waals surface area contributed by atoms with Gasteiger partial charge in [0.05, 0.1) is 0 Å². The quantitative estimate of drug-likeness (QED) is 0.247. The van der Waals surface area contributed by atoms with Crippen LogP contribution in [0.4, 0.5) is 0 Å². The van der Waals surface area contributed by atoms with Crippen LogP contribution in [0.3, 0.4) is 0 Å². The smallest absolute Gasteiger partial charge is 0.377 e. The van der Waals surface area contributed by atoms with E-state index in [4.69, 9.17) is 13.3 Å². The molecule has 1 atom stereocenters. The Morgan fingerprint density at radius 2 is 1.48 bits per heavy atom. The van der Waals surface area contributed by atoms with Crippen LogP contribution in [0.15, 0.2) is 12.2 Å². The SMILES string of the molecule is C=C(C)C(=O)NC(CCCC)CCCCCCC[Si](OC)(OC)OC. The molecule has 0 fully saturated rings. The molecule has 6 heteroatoms. The Hall–Kier alpha value is -0.693. The molecule has 0 spiro atoms. The largest absolute Gasteiger partial charge is 0.500 e. The monoisotopic (exact) mass is 373 g/mol. The minimum Gasteiger partial charge on any atom is -0.377 e. The molecular weight excluding hydrogens is 334 g/mol. The van der Waals surface area contributed by atoms with Crippen molar-refractivity contribution in [2.24, 2.45) is 0 Å². The van der Waals surface area contributed by atoms with Crippen molar-refractivity contribution in [2.45, 2.75) is 83.7 Å². The standard InChI is InChI=1S/C19H39NO4Si/c1-7-8-14-18(20-19(21)17(2)3)15-12-10-9-11-13-16-25(22-4,23-5)24-6/h18H,2,7-16H2,1,3-6H3,(H,20,21). The fourth-order valence-electron chi connectivity index (χ4n) is 2.87. The number of carbonyl (C=O) groups is 1. The van der Waals surface area contributed by atoms with E-state index < -0.39 is 8.80 Å². The summed E-state index contributed by atoms with van der Waals surface area (Å²) >= 11 is 0. The molecule has 1 N–H and O–H groups in total. The Bertz CT molecular complexity index is 364. The molecule has 25 heavy (non-hydrogen) atoms. The highest BCUT2D eigenvalue weighted by atomic mass is 28.4. The maximum absolute atomic E-state index is 11.8. The average molecular weight is 374 g/mol. The van der Waals surface area contributed by atoms with Gasteiger partial charge in [0.25, 0.3) is 0 Å². The van der Waals surface area contributed by atoms with Gasteiger partial charge in [0.2, 0.25) is 5.91 Å². The molecule has 0 aliphatic rings. The maximum atomic E-state index is 11.8. The van der Waals surface area contributed by atoms with Crippen LogP contribution in [0.5, 0.6) is 0 Å². The van der Waals surface area contributed by atoms with Crippen molar-refractivity contribution in [2.75, 3.05) is 21.3 Å². The van der Waals surface area contributed by atoms with Gasteiger partial charge in [-0.25, -0.2) is 0 Å². The molecule has 0 saturated heterocycles. The normalized spacial score (nSPS) is 12.8. The third kappa shape index (κ3) is 10.8. The number of rotatable bonds is 16. The van der Waals surface area contributed by atoms with Crippen molar-refractivity contribution in [3.05, 3.63) is 12.2 Å². The summed E-state index contributed by atoms with van der Waals surface area (Å²) < 4.78 is 16.3. The Morgan fingerprint density at radius 1 is 0.960 bits per heavy atom. The maximum Gasteiger partial charge on any atom is 0.500 e. The molecule has 0 aromatic heterocycles. The highest BCUT2D eigenvalue weighted by Gasteiger charge is 2.36. The molecule has 0 saturated carbocycles. The molecule has 0 radical (unpaired) electrons. The topological polar surface area (TPSA) is 56.8 Å². The van der Waals surface area contributed by atoms with Gasteiger partial charge in [0, 0.05) is 39.0 Å². The van der Waals surface area contributed by atoms with E-state index in [1.54, 1.807) is 28.3 Å². The van der Waals surface area contributed by atoms with E-state index >= 15 is 0 Å². The second kappa shape index (κ2) is 14.5. The third-order valence-electron chi connectivity index (χ3n) is 4.60. The van der Waals surface area contributed by atoms with E-state index in [-0.39, 0.29) is 11.9 Å². The summed E-state index contributed by atoms with van der Waals surface area (Å²) in [6.45, 7) is 7.66. The van der Waals surface area contributed by atoms with Crippen molar-refractivity contribution in [1.29, 1.82) is 0 Å². The van der Waals surface area contributed by atoms with Crippen molar-refractivity contribution < 1.29 is 18.1 Å². The van der Waals surface area contributed by atoms with Crippen LogP contribution in [-0.4, -0.2) is 42.1 Å². The van der Waals surface area contributed by atoms with Gasteiger partial charge in [-0.2, -0.15) is 0 Å². The number of nitrogens with one attached hydrogen (secondary N) is 1. The first-order valence-corrected chi connectivity index (χ1v) is 11.5. The van der Waals surface area contributed by atoms with Crippen LogP contribution in [0.1, 0.15) is 71.6 Å². The summed E-state index contributed by atoms with van der Waals surface area (Å²) in [5.74, 6) is -0.0129. The number of carbonyl (C=O) groups excluding carboxylic acids is 1. The van der Waals surface area contributed by atoms with Crippen LogP contribution in [-0.2, 0) is 18.1 Å². The molecule has 0 aliphatic heterocycles. The van der Waals surface area contributed by atoms with E-state index in [9.17, 15) is 4.79 Å². The molecule has 148 valence electrons. The minimum atomic E-state index is -2.40. The van der Waals surface area contributed by atoms with Gasteiger partial charge in [0.15, 0.2) is 0 Å². The van der Waals surface area contributed by atoms with Crippen LogP contribution >= 0.6 is 0 Å². The lowest BCUT2D eigenvalue weighted by atomic mass is 10.0.